The van der Waals surface area contributed by atoms with E-state index in [1.807, 2.05) is 0 Å². The van der Waals surface area contributed by atoms with Gasteiger partial charge in [0.05, 0.1) is 92.1 Å². The molecule has 7 fully saturated rings. The topological polar surface area (TPSA) is 300 Å². The number of hydrogen-bond acceptors (Lipinski definition) is 17. The fourth-order valence-corrected chi connectivity index (χ4v) is 11.2. The molecule has 3 aliphatic heterocycles. The summed E-state index contributed by atoms with van der Waals surface area (Å²) in [5.41, 5.74) is 0. The highest BCUT2D eigenvalue weighted by Gasteiger charge is 2.62. The first kappa shape index (κ1) is 40.5. The van der Waals surface area contributed by atoms with Crippen molar-refractivity contribution in [1.82, 2.24) is 0 Å². The molecule has 17 nitrogen and oxygen atoms in total. The lowest BCUT2D eigenvalue weighted by atomic mass is 9.57. The van der Waals surface area contributed by atoms with Crippen LogP contribution in [0.5, 0.6) is 0 Å². The third-order valence-corrected chi connectivity index (χ3v) is 14.0. The lowest BCUT2D eigenvalue weighted by Crippen LogP contribution is -2.68. The van der Waals surface area contributed by atoms with Crippen LogP contribution in [0.15, 0.2) is 0 Å². The Hall–Kier alpha value is -0.680. The molecule has 4 aliphatic carbocycles. The zero-order valence-corrected chi connectivity index (χ0v) is 29.7. The Bertz CT molecular complexity index is 1210. The van der Waals surface area contributed by atoms with Crippen molar-refractivity contribution in [2.45, 2.75) is 180 Å². The SMILES string of the molecule is OC[C@H]1O[C@@H](OC2CC3C(O)CC(O)C(C4C5C(O)CC(O)CC5O[C@H](C5CCC(O)C(O)C5)[C@H]4O)C3OC2C2CCC(O)C(O)C2)[C@H](O)[C@@H](O)[C@@H]1O. The van der Waals surface area contributed by atoms with Crippen LogP contribution in [0.4, 0.5) is 0 Å². The fraction of sp³-hybridized carbons (Fsp3) is 1.00. The van der Waals surface area contributed by atoms with Crippen LogP contribution in [0.3, 0.4) is 0 Å². The van der Waals surface area contributed by atoms with E-state index in [4.69, 9.17) is 18.9 Å². The molecule has 4 saturated carbocycles. The van der Waals surface area contributed by atoms with Crippen molar-refractivity contribution >= 4 is 0 Å². The molecule has 53 heavy (non-hydrogen) atoms. The molecule has 17 heteroatoms. The zero-order valence-electron chi connectivity index (χ0n) is 29.7. The highest BCUT2D eigenvalue weighted by Crippen LogP contribution is 2.54. The molecule has 306 valence electrons. The van der Waals surface area contributed by atoms with Gasteiger partial charge in [0.1, 0.15) is 24.4 Å². The zero-order chi connectivity index (χ0) is 38.0. The van der Waals surface area contributed by atoms with Crippen LogP contribution >= 0.6 is 0 Å². The molecule has 25 atom stereocenters. The van der Waals surface area contributed by atoms with Crippen molar-refractivity contribution in [2.24, 2.45) is 35.5 Å². The summed E-state index contributed by atoms with van der Waals surface area (Å²) < 4.78 is 25.4. The van der Waals surface area contributed by atoms with Gasteiger partial charge in [-0.05, 0) is 76.0 Å². The maximum absolute atomic E-state index is 12.3. The standard InChI is InChI=1S/C36H60O17/c37-11-25-29(46)31(48)32(49)36(52-25)51-24-9-15-18(41)10-22(45)27(35(15)53-33(24)12-1-3-16(39)19(42)5-12)28-26-21(44)7-14(38)8-23(26)50-34(30(28)47)13-2-4-17(40)20(43)6-13/h12-49H,1-11H2/t12?,13?,14?,15?,16?,17?,18?,19?,20?,21?,22?,23?,24?,25-,26?,27?,28?,29-,30+,31+,32-,33?,34-,35?,36-/m1/s1. The van der Waals surface area contributed by atoms with Gasteiger partial charge in [-0.15, -0.1) is 0 Å². The van der Waals surface area contributed by atoms with Crippen LogP contribution in [0.2, 0.25) is 0 Å². The number of hydrogen-bond donors (Lipinski definition) is 13. The number of aliphatic hydroxyl groups excluding tert-OH is 13. The first-order valence-corrected chi connectivity index (χ1v) is 19.6. The maximum Gasteiger partial charge on any atom is 0.187 e. The molecule has 0 amide bonds. The van der Waals surface area contributed by atoms with Gasteiger partial charge < -0.3 is 85.3 Å². The Morgan fingerprint density at radius 3 is 1.70 bits per heavy atom. The van der Waals surface area contributed by atoms with Gasteiger partial charge in [0.25, 0.3) is 0 Å². The summed E-state index contributed by atoms with van der Waals surface area (Å²) >= 11 is 0. The minimum Gasteiger partial charge on any atom is -0.394 e. The van der Waals surface area contributed by atoms with Crippen molar-refractivity contribution in [2.75, 3.05) is 6.61 Å². The summed E-state index contributed by atoms with van der Waals surface area (Å²) in [7, 11) is 0. The van der Waals surface area contributed by atoms with Crippen molar-refractivity contribution < 1.29 is 85.3 Å². The summed E-state index contributed by atoms with van der Waals surface area (Å²) in [5.74, 6) is -4.02. The van der Waals surface area contributed by atoms with Gasteiger partial charge in [-0.25, -0.2) is 0 Å². The lowest BCUT2D eigenvalue weighted by molar-refractivity contribution is -0.340. The van der Waals surface area contributed by atoms with Gasteiger partial charge in [-0.2, -0.15) is 0 Å². The number of aliphatic hydroxyl groups is 13. The second-order valence-corrected chi connectivity index (χ2v) is 17.2. The monoisotopic (exact) mass is 764 g/mol. The van der Waals surface area contributed by atoms with Crippen LogP contribution in [-0.2, 0) is 18.9 Å². The second-order valence-electron chi connectivity index (χ2n) is 17.2. The van der Waals surface area contributed by atoms with Gasteiger partial charge in [0.15, 0.2) is 6.29 Å². The van der Waals surface area contributed by atoms with Crippen molar-refractivity contribution in [3.8, 4) is 0 Å². The number of rotatable bonds is 6. The Morgan fingerprint density at radius 1 is 0.453 bits per heavy atom. The van der Waals surface area contributed by atoms with Crippen LogP contribution in [0.1, 0.15) is 64.2 Å². The Labute approximate surface area is 307 Å². The van der Waals surface area contributed by atoms with E-state index >= 15 is 0 Å². The summed E-state index contributed by atoms with van der Waals surface area (Å²) in [6, 6.07) is 0. The van der Waals surface area contributed by atoms with Gasteiger partial charge in [-0.3, -0.25) is 0 Å². The smallest absolute Gasteiger partial charge is 0.187 e. The van der Waals surface area contributed by atoms with Crippen molar-refractivity contribution in [3.05, 3.63) is 0 Å². The van der Waals surface area contributed by atoms with Crippen LogP contribution in [0, 0.1) is 35.5 Å². The molecule has 0 bridgehead atoms. The molecule has 0 aromatic carbocycles. The van der Waals surface area contributed by atoms with Crippen LogP contribution in [-0.4, -0.2) is 189 Å². The molecule has 7 aliphatic rings. The van der Waals surface area contributed by atoms with Gasteiger partial charge in [-0.1, -0.05) is 0 Å². The van der Waals surface area contributed by atoms with Crippen LogP contribution < -0.4 is 0 Å². The van der Waals surface area contributed by atoms with Gasteiger partial charge in [0.2, 0.25) is 0 Å². The number of fused-ring (bicyclic) bond motifs is 2. The predicted octanol–water partition coefficient (Wildman–Crippen LogP) is -4.39. The first-order valence-electron chi connectivity index (χ1n) is 19.6. The normalized spacial score (nSPS) is 58.0. The van der Waals surface area contributed by atoms with Gasteiger partial charge >= 0.3 is 0 Å². The molecular formula is C36H60O17. The van der Waals surface area contributed by atoms with E-state index in [-0.39, 0.29) is 57.3 Å². The molecular weight excluding hydrogens is 704 g/mol. The summed E-state index contributed by atoms with van der Waals surface area (Å²) in [4.78, 5) is 0. The first-order chi connectivity index (χ1) is 25.2. The van der Waals surface area contributed by atoms with Gasteiger partial charge in [0, 0.05) is 23.7 Å². The van der Waals surface area contributed by atoms with Crippen molar-refractivity contribution in [1.29, 1.82) is 0 Å². The van der Waals surface area contributed by atoms with E-state index < -0.39 is 152 Å². The quantitative estimate of drug-likeness (QED) is 0.122. The molecule has 3 saturated heterocycles. The molecule has 0 radical (unpaired) electrons. The second kappa shape index (κ2) is 16.3. The summed E-state index contributed by atoms with van der Waals surface area (Å²) in [6.07, 6.45) is -20.0. The minimum absolute atomic E-state index is 0.0209. The molecule has 13 N–H and O–H groups in total. The molecule has 0 aromatic heterocycles. The van der Waals surface area contributed by atoms with E-state index in [2.05, 4.69) is 0 Å². The Kier molecular flexibility index (Phi) is 12.5. The highest BCUT2D eigenvalue weighted by molar-refractivity contribution is 5.10. The molecule has 7 rings (SSSR count). The highest BCUT2D eigenvalue weighted by atomic mass is 16.7. The summed E-state index contributed by atoms with van der Waals surface area (Å²) in [5, 5.41) is 141. The molecule has 0 aromatic rings. The average molecular weight is 765 g/mol. The largest absolute Gasteiger partial charge is 0.394 e. The van der Waals surface area contributed by atoms with E-state index in [1.165, 1.54) is 0 Å². The van der Waals surface area contributed by atoms with Crippen LogP contribution in [0.25, 0.3) is 0 Å². The predicted molar refractivity (Wildman–Crippen MR) is 177 cm³/mol. The maximum atomic E-state index is 12.3. The lowest BCUT2D eigenvalue weighted by Gasteiger charge is -2.59. The van der Waals surface area contributed by atoms with Crippen molar-refractivity contribution in [3.63, 3.8) is 0 Å². The third kappa shape index (κ3) is 7.70. The molecule has 18 unspecified atom stereocenters. The molecule has 0 spiro atoms. The third-order valence-electron chi connectivity index (χ3n) is 14.0. The Balaban J connectivity index is 1.22. The van der Waals surface area contributed by atoms with E-state index in [0.717, 1.165) is 0 Å². The Morgan fingerprint density at radius 2 is 1.08 bits per heavy atom. The summed E-state index contributed by atoms with van der Waals surface area (Å²) in [6.45, 7) is -0.676. The van der Waals surface area contributed by atoms with E-state index in [0.29, 0.717) is 12.8 Å². The fourth-order valence-electron chi connectivity index (χ4n) is 11.2. The van der Waals surface area contributed by atoms with E-state index in [9.17, 15) is 66.4 Å². The average Bonchev–Trinajstić information content (AvgIpc) is 3.11. The molecule has 3 heterocycles. The number of ether oxygens (including phenoxy) is 4. The minimum atomic E-state index is -1.72. The van der Waals surface area contributed by atoms with E-state index in [1.54, 1.807) is 0 Å².